The number of nitrogens with zero attached hydrogens (tertiary/aromatic N) is 4. The Bertz CT molecular complexity index is 760. The van der Waals surface area contributed by atoms with Crippen molar-refractivity contribution in [3.8, 4) is 5.69 Å². The van der Waals surface area contributed by atoms with Gasteiger partial charge in [-0.25, -0.2) is 14.1 Å². The summed E-state index contributed by atoms with van der Waals surface area (Å²) < 4.78 is 14.6. The third kappa shape index (κ3) is 3.56. The lowest BCUT2D eigenvalue weighted by atomic mass is 10.0. The number of amides is 1. The van der Waals surface area contributed by atoms with Gasteiger partial charge in [0.05, 0.1) is 5.69 Å². The number of nitrogens with one attached hydrogen (secondary N) is 1. The van der Waals surface area contributed by atoms with Gasteiger partial charge in [-0.2, -0.15) is 0 Å². The number of likely N-dealkylation sites (tertiary alicyclic amines) is 1. The van der Waals surface area contributed by atoms with Crippen LogP contribution in [-0.4, -0.2) is 50.7 Å². The number of hydrogen-bond donors (Lipinski definition) is 1. The van der Waals surface area contributed by atoms with E-state index in [0.717, 1.165) is 32.0 Å². The van der Waals surface area contributed by atoms with Crippen molar-refractivity contribution in [3.63, 3.8) is 0 Å². The van der Waals surface area contributed by atoms with Gasteiger partial charge in [-0.05, 0) is 56.9 Å². The quantitative estimate of drug-likeness (QED) is 0.923. The fourth-order valence-electron chi connectivity index (χ4n) is 3.41. The van der Waals surface area contributed by atoms with Gasteiger partial charge in [-0.15, -0.1) is 5.10 Å². The Hall–Kier alpha value is -2.28. The predicted molar refractivity (Wildman–Crippen MR) is 91.1 cm³/mol. The third-order valence-electron chi connectivity index (χ3n) is 4.97. The number of aryl methyl sites for hydroxylation is 1. The molecule has 0 spiro atoms. The fourth-order valence-corrected chi connectivity index (χ4v) is 3.41. The van der Waals surface area contributed by atoms with E-state index in [-0.39, 0.29) is 23.6 Å². The summed E-state index contributed by atoms with van der Waals surface area (Å²) in [5.74, 6) is 0.206. The molecule has 1 N–H and O–H groups in total. The van der Waals surface area contributed by atoms with Crippen molar-refractivity contribution in [1.82, 2.24) is 25.0 Å². The van der Waals surface area contributed by atoms with Gasteiger partial charge in [-0.3, -0.25) is 4.79 Å². The number of rotatable bonds is 4. The SMILES string of the molecule is Cc1nc(C(=O)NC2CCN(C3CC3)CC2)nn1-c1ccc(F)cc1. The van der Waals surface area contributed by atoms with Crippen LogP contribution in [-0.2, 0) is 0 Å². The summed E-state index contributed by atoms with van der Waals surface area (Å²) in [5, 5.41) is 7.34. The van der Waals surface area contributed by atoms with Crippen LogP contribution in [0.4, 0.5) is 4.39 Å². The molecule has 132 valence electrons. The van der Waals surface area contributed by atoms with Crippen LogP contribution in [0, 0.1) is 12.7 Å². The highest BCUT2D eigenvalue weighted by molar-refractivity contribution is 5.90. The highest BCUT2D eigenvalue weighted by atomic mass is 19.1. The summed E-state index contributed by atoms with van der Waals surface area (Å²) in [6, 6.07) is 6.93. The van der Waals surface area contributed by atoms with E-state index in [4.69, 9.17) is 0 Å². The van der Waals surface area contributed by atoms with Crippen LogP contribution in [0.1, 0.15) is 42.1 Å². The molecule has 4 rings (SSSR count). The molecule has 2 aliphatic rings. The van der Waals surface area contributed by atoms with E-state index in [1.54, 1.807) is 23.7 Å². The first-order valence-electron chi connectivity index (χ1n) is 8.84. The standard InChI is InChI=1S/C18H22FN5O/c1-12-20-17(22-24(12)16-4-2-13(19)3-5-16)18(25)21-14-8-10-23(11-9-14)15-6-7-15/h2-5,14-15H,6-11H2,1H3,(H,21,25). The predicted octanol–water partition coefficient (Wildman–Crippen LogP) is 2.07. The van der Waals surface area contributed by atoms with Crippen molar-refractivity contribution in [2.75, 3.05) is 13.1 Å². The molecule has 1 aromatic heterocycles. The molecule has 2 heterocycles. The Kier molecular flexibility index (Phi) is 4.25. The van der Waals surface area contributed by atoms with Crippen molar-refractivity contribution in [1.29, 1.82) is 0 Å². The molecular formula is C18H22FN5O. The molecule has 0 bridgehead atoms. The van der Waals surface area contributed by atoms with Gasteiger partial charge in [0.25, 0.3) is 5.91 Å². The maximum Gasteiger partial charge on any atom is 0.291 e. The van der Waals surface area contributed by atoms with E-state index >= 15 is 0 Å². The first-order chi connectivity index (χ1) is 12.1. The van der Waals surface area contributed by atoms with Crippen molar-refractivity contribution < 1.29 is 9.18 Å². The second kappa shape index (κ2) is 6.55. The zero-order valence-electron chi connectivity index (χ0n) is 14.3. The van der Waals surface area contributed by atoms with Gasteiger partial charge in [-0.1, -0.05) is 0 Å². The maximum atomic E-state index is 13.1. The van der Waals surface area contributed by atoms with E-state index in [2.05, 4.69) is 20.3 Å². The van der Waals surface area contributed by atoms with E-state index in [1.807, 2.05) is 0 Å². The van der Waals surface area contributed by atoms with Crippen molar-refractivity contribution in [2.45, 2.75) is 44.7 Å². The van der Waals surface area contributed by atoms with Crippen LogP contribution in [0.25, 0.3) is 5.69 Å². The zero-order valence-corrected chi connectivity index (χ0v) is 14.3. The monoisotopic (exact) mass is 343 g/mol. The molecule has 0 unspecified atom stereocenters. The van der Waals surface area contributed by atoms with Gasteiger partial charge in [0.2, 0.25) is 5.82 Å². The number of carbonyl (C=O) groups is 1. The maximum absolute atomic E-state index is 13.1. The lowest BCUT2D eigenvalue weighted by molar-refractivity contribution is 0.0898. The number of aromatic nitrogens is 3. The minimum Gasteiger partial charge on any atom is -0.346 e. The summed E-state index contributed by atoms with van der Waals surface area (Å²) in [4.78, 5) is 19.3. The van der Waals surface area contributed by atoms with E-state index < -0.39 is 0 Å². The average Bonchev–Trinajstić information content (AvgIpc) is 3.39. The molecule has 1 saturated carbocycles. The summed E-state index contributed by atoms with van der Waals surface area (Å²) in [6.07, 6.45) is 4.59. The lowest BCUT2D eigenvalue weighted by Gasteiger charge is -2.32. The molecule has 2 fully saturated rings. The summed E-state index contributed by atoms with van der Waals surface area (Å²) in [7, 11) is 0. The Morgan fingerprint density at radius 1 is 1.16 bits per heavy atom. The molecule has 6 nitrogen and oxygen atoms in total. The van der Waals surface area contributed by atoms with E-state index in [1.165, 1.54) is 25.0 Å². The molecule has 7 heteroatoms. The molecule has 1 saturated heterocycles. The second-order valence-electron chi connectivity index (χ2n) is 6.89. The first kappa shape index (κ1) is 16.2. The Morgan fingerprint density at radius 2 is 1.84 bits per heavy atom. The van der Waals surface area contributed by atoms with Crippen molar-refractivity contribution >= 4 is 5.91 Å². The molecule has 1 aromatic carbocycles. The van der Waals surface area contributed by atoms with Crippen LogP contribution in [0.15, 0.2) is 24.3 Å². The zero-order chi connectivity index (χ0) is 17.4. The first-order valence-corrected chi connectivity index (χ1v) is 8.84. The molecule has 0 radical (unpaired) electrons. The van der Waals surface area contributed by atoms with Crippen LogP contribution >= 0.6 is 0 Å². The van der Waals surface area contributed by atoms with Crippen molar-refractivity contribution in [2.24, 2.45) is 0 Å². The molecular weight excluding hydrogens is 321 g/mol. The Morgan fingerprint density at radius 3 is 2.48 bits per heavy atom. The summed E-state index contributed by atoms with van der Waals surface area (Å²) in [6.45, 7) is 3.87. The Labute approximate surface area is 146 Å². The number of hydrogen-bond acceptors (Lipinski definition) is 4. The molecule has 1 aliphatic carbocycles. The minimum atomic E-state index is -0.308. The van der Waals surface area contributed by atoms with Gasteiger partial charge in [0.15, 0.2) is 0 Å². The average molecular weight is 343 g/mol. The van der Waals surface area contributed by atoms with Crippen LogP contribution in [0.3, 0.4) is 0 Å². The van der Waals surface area contributed by atoms with Crippen LogP contribution in [0.5, 0.6) is 0 Å². The third-order valence-corrected chi connectivity index (χ3v) is 4.97. The van der Waals surface area contributed by atoms with Gasteiger partial charge >= 0.3 is 0 Å². The van der Waals surface area contributed by atoms with Gasteiger partial charge in [0, 0.05) is 25.2 Å². The van der Waals surface area contributed by atoms with Gasteiger partial charge in [0.1, 0.15) is 11.6 Å². The Balaban J connectivity index is 1.40. The summed E-state index contributed by atoms with van der Waals surface area (Å²) in [5.41, 5.74) is 0.684. The largest absolute Gasteiger partial charge is 0.346 e. The normalized spacial score (nSPS) is 19.1. The number of carbonyl (C=O) groups excluding carboxylic acids is 1. The highest BCUT2D eigenvalue weighted by Crippen LogP contribution is 2.29. The molecule has 1 amide bonds. The topological polar surface area (TPSA) is 63.1 Å². The van der Waals surface area contributed by atoms with Crippen molar-refractivity contribution in [3.05, 3.63) is 41.7 Å². The molecule has 0 atom stereocenters. The minimum absolute atomic E-state index is 0.159. The summed E-state index contributed by atoms with van der Waals surface area (Å²) >= 11 is 0. The number of benzene rings is 1. The van der Waals surface area contributed by atoms with Crippen LogP contribution < -0.4 is 5.32 Å². The number of halogens is 1. The van der Waals surface area contributed by atoms with E-state index in [0.29, 0.717) is 11.5 Å². The highest BCUT2D eigenvalue weighted by Gasteiger charge is 2.32. The molecule has 25 heavy (non-hydrogen) atoms. The van der Waals surface area contributed by atoms with Gasteiger partial charge < -0.3 is 10.2 Å². The van der Waals surface area contributed by atoms with Crippen LogP contribution in [0.2, 0.25) is 0 Å². The smallest absolute Gasteiger partial charge is 0.291 e. The molecule has 2 aromatic rings. The number of piperidine rings is 1. The fraction of sp³-hybridized carbons (Fsp3) is 0.500. The van der Waals surface area contributed by atoms with E-state index in [9.17, 15) is 9.18 Å². The molecule has 1 aliphatic heterocycles. The second-order valence-corrected chi connectivity index (χ2v) is 6.89. The lowest BCUT2D eigenvalue weighted by Crippen LogP contribution is -2.45.